The molecule has 0 saturated heterocycles. The lowest BCUT2D eigenvalue weighted by molar-refractivity contribution is -0.167. The van der Waals surface area contributed by atoms with Crippen molar-refractivity contribution in [2.24, 2.45) is 0 Å². The van der Waals surface area contributed by atoms with Crippen LogP contribution in [0.1, 0.15) is 355 Å². The number of esters is 3. The molecule has 0 aliphatic rings. The Balaban J connectivity index is 4.04. The van der Waals surface area contributed by atoms with Crippen molar-refractivity contribution in [2.45, 2.75) is 361 Å². The average Bonchev–Trinajstić information content (AvgIpc) is 3.43. The number of unbranched alkanes of at least 4 members (excludes halogenated alkanes) is 41. The molecule has 0 amide bonds. The fourth-order valence-electron chi connectivity index (χ4n) is 9.96. The maximum Gasteiger partial charge on any atom is 0.306 e. The predicted molar refractivity (Wildman–Crippen MR) is 335 cm³/mol. The molecule has 0 radical (unpaired) electrons. The maximum absolute atomic E-state index is 12.9. The molecule has 0 N–H and O–H groups in total. The summed E-state index contributed by atoms with van der Waals surface area (Å²) in [5.74, 6) is -0.856. The van der Waals surface area contributed by atoms with Gasteiger partial charge in [0.25, 0.3) is 0 Å². The topological polar surface area (TPSA) is 78.9 Å². The van der Waals surface area contributed by atoms with Gasteiger partial charge in [-0.25, -0.2) is 0 Å². The molecule has 0 aromatic heterocycles. The molecule has 0 fully saturated rings. The molecule has 1 atom stereocenters. The zero-order chi connectivity index (χ0) is 55.7. The smallest absolute Gasteiger partial charge is 0.306 e. The van der Waals surface area contributed by atoms with E-state index in [0.717, 1.165) is 83.5 Å². The van der Waals surface area contributed by atoms with Crippen molar-refractivity contribution in [3.05, 3.63) is 60.8 Å². The van der Waals surface area contributed by atoms with Gasteiger partial charge in [0.2, 0.25) is 0 Å². The number of rotatable bonds is 62. The van der Waals surface area contributed by atoms with Gasteiger partial charge in [0.05, 0.1) is 0 Å². The number of hydrogen-bond donors (Lipinski definition) is 0. The average molecular weight is 1080 g/mol. The van der Waals surface area contributed by atoms with Gasteiger partial charge in [-0.15, -0.1) is 0 Å². The van der Waals surface area contributed by atoms with Crippen molar-refractivity contribution in [2.75, 3.05) is 13.2 Å². The van der Waals surface area contributed by atoms with E-state index in [0.29, 0.717) is 19.3 Å². The van der Waals surface area contributed by atoms with E-state index >= 15 is 0 Å². The summed E-state index contributed by atoms with van der Waals surface area (Å²) in [5.41, 5.74) is 0. The second-order valence-corrected chi connectivity index (χ2v) is 22.7. The molecule has 6 heteroatoms. The van der Waals surface area contributed by atoms with E-state index in [1.54, 1.807) is 0 Å². The highest BCUT2D eigenvalue weighted by Gasteiger charge is 2.19. The van der Waals surface area contributed by atoms with Crippen LogP contribution in [0.4, 0.5) is 0 Å². The Morgan fingerprint density at radius 3 is 0.805 bits per heavy atom. The lowest BCUT2D eigenvalue weighted by atomic mass is 10.0. The Morgan fingerprint density at radius 2 is 0.506 bits per heavy atom. The molecule has 0 aliphatic heterocycles. The number of hydrogen-bond acceptors (Lipinski definition) is 6. The summed E-state index contributed by atoms with van der Waals surface area (Å²) in [7, 11) is 0. The van der Waals surface area contributed by atoms with Gasteiger partial charge in [-0.05, 0) is 83.5 Å². The molecule has 0 aromatic rings. The number of carbonyl (C=O) groups is 3. The first kappa shape index (κ1) is 74.1. The minimum atomic E-state index is -0.771. The van der Waals surface area contributed by atoms with Crippen LogP contribution < -0.4 is 0 Å². The molecule has 0 rings (SSSR count). The lowest BCUT2D eigenvalue weighted by Crippen LogP contribution is -2.30. The molecule has 448 valence electrons. The monoisotopic (exact) mass is 1080 g/mol. The molecule has 0 spiro atoms. The molecule has 0 bridgehead atoms. The van der Waals surface area contributed by atoms with Gasteiger partial charge in [-0.1, -0.05) is 313 Å². The van der Waals surface area contributed by atoms with E-state index in [4.69, 9.17) is 14.2 Å². The highest BCUT2D eigenvalue weighted by molar-refractivity contribution is 5.71. The van der Waals surface area contributed by atoms with Crippen LogP contribution in [0.3, 0.4) is 0 Å². The fourth-order valence-corrected chi connectivity index (χ4v) is 9.96. The third-order valence-electron chi connectivity index (χ3n) is 15.0. The zero-order valence-electron chi connectivity index (χ0n) is 51.5. The quantitative estimate of drug-likeness (QED) is 0.0261. The lowest BCUT2D eigenvalue weighted by Gasteiger charge is -2.18. The fraction of sp³-hybridized carbons (Fsp3) is 0.817. The van der Waals surface area contributed by atoms with Gasteiger partial charge >= 0.3 is 17.9 Å². The molecule has 0 aliphatic carbocycles. The van der Waals surface area contributed by atoms with Crippen molar-refractivity contribution < 1.29 is 28.6 Å². The van der Waals surface area contributed by atoms with Gasteiger partial charge in [0, 0.05) is 19.3 Å². The van der Waals surface area contributed by atoms with Gasteiger partial charge in [-0.3, -0.25) is 14.4 Å². The first-order valence-electron chi connectivity index (χ1n) is 33.8. The Kier molecular flexibility index (Phi) is 63.2. The summed E-state index contributed by atoms with van der Waals surface area (Å²) in [6, 6.07) is 0. The summed E-state index contributed by atoms with van der Waals surface area (Å²) in [6.07, 6.45) is 84.1. The number of carbonyl (C=O) groups excluding carboxylic acids is 3. The first-order valence-corrected chi connectivity index (χ1v) is 33.8. The zero-order valence-corrected chi connectivity index (χ0v) is 51.5. The van der Waals surface area contributed by atoms with Gasteiger partial charge in [0.1, 0.15) is 13.2 Å². The van der Waals surface area contributed by atoms with Crippen LogP contribution >= 0.6 is 0 Å². The van der Waals surface area contributed by atoms with Crippen LogP contribution in [0, 0.1) is 0 Å². The minimum Gasteiger partial charge on any atom is -0.462 e. The van der Waals surface area contributed by atoms with E-state index in [-0.39, 0.29) is 31.1 Å². The van der Waals surface area contributed by atoms with Crippen LogP contribution in [0.5, 0.6) is 0 Å². The number of allylic oxidation sites excluding steroid dienone is 10. The summed E-state index contributed by atoms with van der Waals surface area (Å²) in [6.45, 7) is 6.55. The second-order valence-electron chi connectivity index (χ2n) is 22.7. The second kappa shape index (κ2) is 65.6. The van der Waals surface area contributed by atoms with Crippen LogP contribution in [-0.4, -0.2) is 37.2 Å². The Hall–Kier alpha value is -2.89. The van der Waals surface area contributed by atoms with E-state index < -0.39 is 6.10 Å². The van der Waals surface area contributed by atoms with Crippen LogP contribution in [0.15, 0.2) is 60.8 Å². The van der Waals surface area contributed by atoms with Crippen molar-refractivity contribution in [3.63, 3.8) is 0 Å². The molecule has 6 nitrogen and oxygen atoms in total. The van der Waals surface area contributed by atoms with Crippen LogP contribution in [0.2, 0.25) is 0 Å². The van der Waals surface area contributed by atoms with Crippen molar-refractivity contribution in [3.8, 4) is 0 Å². The normalized spacial score (nSPS) is 12.4. The highest BCUT2D eigenvalue weighted by atomic mass is 16.6. The molecule has 0 aromatic carbocycles. The van der Waals surface area contributed by atoms with Gasteiger partial charge < -0.3 is 14.2 Å². The van der Waals surface area contributed by atoms with Crippen molar-refractivity contribution >= 4 is 17.9 Å². The molecular weight excluding hydrogens is 949 g/mol. The Morgan fingerprint density at radius 1 is 0.273 bits per heavy atom. The molecule has 1 unspecified atom stereocenters. The van der Waals surface area contributed by atoms with E-state index in [1.807, 2.05) is 0 Å². The summed E-state index contributed by atoms with van der Waals surface area (Å²) >= 11 is 0. The van der Waals surface area contributed by atoms with Gasteiger partial charge in [-0.2, -0.15) is 0 Å². The highest BCUT2D eigenvalue weighted by Crippen LogP contribution is 2.18. The summed E-state index contributed by atoms with van der Waals surface area (Å²) in [5, 5.41) is 0. The molecule has 0 heterocycles. The summed E-state index contributed by atoms with van der Waals surface area (Å²) < 4.78 is 16.9. The van der Waals surface area contributed by atoms with Crippen LogP contribution in [-0.2, 0) is 28.6 Å². The van der Waals surface area contributed by atoms with E-state index in [2.05, 4.69) is 81.5 Å². The van der Waals surface area contributed by atoms with E-state index in [9.17, 15) is 14.4 Å². The largest absolute Gasteiger partial charge is 0.462 e. The van der Waals surface area contributed by atoms with Crippen LogP contribution in [0.25, 0.3) is 0 Å². The minimum absolute atomic E-state index is 0.0700. The Bertz CT molecular complexity index is 1380. The van der Waals surface area contributed by atoms with E-state index in [1.165, 1.54) is 231 Å². The third-order valence-corrected chi connectivity index (χ3v) is 15.0. The standard InChI is InChI=1S/C71H128O6/c1-4-7-10-13-16-19-21-23-25-27-28-29-30-31-32-33-34-35-36-37-38-39-40-41-42-44-45-47-49-52-55-58-61-64-70(73)76-67-68(66-75-69(72)63-60-57-54-51-18-15-12-9-6-3)77-71(74)65-62-59-56-53-50-48-46-43-26-24-22-20-17-14-11-8-5-2/h7,10,16,19,23-26,28-29,68H,4-6,8-9,11-15,17-18,20-22,27,30-67H2,1-3H3/b10-7-,19-16-,25-23-,26-24-,29-28-. The molecule has 0 saturated carbocycles. The molecular formula is C71H128O6. The van der Waals surface area contributed by atoms with Crippen molar-refractivity contribution in [1.29, 1.82) is 0 Å². The summed E-state index contributed by atoms with van der Waals surface area (Å²) in [4.78, 5) is 38.2. The maximum atomic E-state index is 12.9. The number of ether oxygens (including phenoxy) is 3. The van der Waals surface area contributed by atoms with Gasteiger partial charge in [0.15, 0.2) is 6.10 Å². The molecule has 77 heavy (non-hydrogen) atoms. The first-order chi connectivity index (χ1) is 38.0. The third kappa shape index (κ3) is 63.8. The SMILES string of the molecule is CC/C=C\C/C=C\C/C=C\C/C=C\CCCCCCCCCCCCCCCCCCCCCCC(=O)OCC(COC(=O)CCCCCCCCCCC)OC(=O)CCCCCCCCC/C=C\CCCCCCCC. The Labute approximate surface area is 479 Å². The predicted octanol–water partition coefficient (Wildman–Crippen LogP) is 23.1. The van der Waals surface area contributed by atoms with Crippen molar-refractivity contribution in [1.82, 2.24) is 0 Å².